The SMILES string of the molecule is CC1CCC2Oc3cc(OC(F)(F)F)ccc3C2N1. The summed E-state index contributed by atoms with van der Waals surface area (Å²) in [5.41, 5.74) is 0.908. The number of ether oxygens (including phenoxy) is 2. The number of alkyl halides is 3. The molecule has 1 saturated heterocycles. The number of piperidine rings is 1. The molecule has 3 rings (SSSR count). The van der Waals surface area contributed by atoms with E-state index in [9.17, 15) is 13.2 Å². The van der Waals surface area contributed by atoms with Gasteiger partial charge >= 0.3 is 6.36 Å². The highest BCUT2D eigenvalue weighted by molar-refractivity contribution is 5.46. The van der Waals surface area contributed by atoms with Gasteiger partial charge in [0.05, 0.1) is 6.04 Å². The third kappa shape index (κ3) is 2.49. The minimum atomic E-state index is -4.67. The van der Waals surface area contributed by atoms with Gasteiger partial charge in [0, 0.05) is 17.7 Å². The highest BCUT2D eigenvalue weighted by Gasteiger charge is 2.39. The fourth-order valence-corrected chi connectivity index (χ4v) is 2.73. The molecular formula is C13H14F3NO2. The Labute approximate surface area is 108 Å². The van der Waals surface area contributed by atoms with Gasteiger partial charge in [-0.1, -0.05) is 0 Å². The Bertz CT molecular complexity index is 489. The van der Waals surface area contributed by atoms with E-state index in [1.807, 2.05) is 0 Å². The zero-order chi connectivity index (χ0) is 13.6. The number of hydrogen-bond acceptors (Lipinski definition) is 3. The van der Waals surface area contributed by atoms with E-state index in [0.717, 1.165) is 18.4 Å². The first-order valence-corrected chi connectivity index (χ1v) is 6.25. The van der Waals surface area contributed by atoms with Crippen molar-refractivity contribution < 1.29 is 22.6 Å². The lowest BCUT2D eigenvalue weighted by Gasteiger charge is -2.30. The normalized spacial score (nSPS) is 29.4. The summed E-state index contributed by atoms with van der Waals surface area (Å²) in [5, 5.41) is 3.41. The molecule has 0 saturated carbocycles. The summed E-state index contributed by atoms with van der Waals surface area (Å²) in [6.07, 6.45) is -2.76. The van der Waals surface area contributed by atoms with Crippen molar-refractivity contribution in [3.63, 3.8) is 0 Å². The van der Waals surface area contributed by atoms with Crippen LogP contribution in [0, 0.1) is 0 Å². The molecule has 3 atom stereocenters. The van der Waals surface area contributed by atoms with Crippen LogP contribution in [0.5, 0.6) is 11.5 Å². The van der Waals surface area contributed by atoms with Crippen LogP contribution in [0.1, 0.15) is 31.4 Å². The average molecular weight is 273 g/mol. The van der Waals surface area contributed by atoms with Crippen molar-refractivity contribution in [2.45, 2.75) is 44.3 Å². The number of fused-ring (bicyclic) bond motifs is 3. The lowest BCUT2D eigenvalue weighted by atomic mass is 9.93. The summed E-state index contributed by atoms with van der Waals surface area (Å²) in [6.45, 7) is 2.09. The van der Waals surface area contributed by atoms with Crippen molar-refractivity contribution >= 4 is 0 Å². The Morgan fingerprint density at radius 2 is 2.11 bits per heavy atom. The van der Waals surface area contributed by atoms with Gasteiger partial charge in [-0.15, -0.1) is 13.2 Å². The second-order valence-corrected chi connectivity index (χ2v) is 5.03. The van der Waals surface area contributed by atoms with Crippen LogP contribution in [0.25, 0.3) is 0 Å². The van der Waals surface area contributed by atoms with Gasteiger partial charge in [0.2, 0.25) is 0 Å². The standard InChI is InChI=1S/C13H14F3NO2/c1-7-2-5-10-12(17-7)9-4-3-8(6-11(9)18-10)19-13(14,15)16/h3-4,6-7,10,12,17H,2,5H2,1H3. The molecule has 3 unspecified atom stereocenters. The molecule has 6 heteroatoms. The summed E-state index contributed by atoms with van der Waals surface area (Å²) < 4.78 is 46.1. The molecule has 1 N–H and O–H groups in total. The minimum absolute atomic E-state index is 0.00679. The molecule has 3 nitrogen and oxygen atoms in total. The van der Waals surface area contributed by atoms with Crippen molar-refractivity contribution in [1.82, 2.24) is 5.32 Å². The maximum Gasteiger partial charge on any atom is 0.573 e. The molecule has 1 aromatic rings. The highest BCUT2D eigenvalue weighted by atomic mass is 19.4. The molecule has 0 radical (unpaired) electrons. The van der Waals surface area contributed by atoms with E-state index >= 15 is 0 Å². The molecule has 2 aliphatic rings. The second kappa shape index (κ2) is 4.30. The van der Waals surface area contributed by atoms with E-state index in [1.165, 1.54) is 12.1 Å². The van der Waals surface area contributed by atoms with Gasteiger partial charge in [-0.3, -0.25) is 0 Å². The smallest absolute Gasteiger partial charge is 0.488 e. The zero-order valence-electron chi connectivity index (χ0n) is 10.3. The Hall–Kier alpha value is -1.43. The van der Waals surface area contributed by atoms with Gasteiger partial charge < -0.3 is 14.8 Å². The summed E-state index contributed by atoms with van der Waals surface area (Å²) in [5.74, 6) is 0.247. The molecule has 104 valence electrons. The van der Waals surface area contributed by atoms with Crippen molar-refractivity contribution in [2.75, 3.05) is 0 Å². The van der Waals surface area contributed by atoms with Crippen molar-refractivity contribution in [1.29, 1.82) is 0 Å². The first-order chi connectivity index (χ1) is 8.92. The molecule has 0 amide bonds. The van der Waals surface area contributed by atoms with E-state index in [1.54, 1.807) is 6.07 Å². The number of benzene rings is 1. The molecule has 0 spiro atoms. The van der Waals surface area contributed by atoms with Crippen LogP contribution in [-0.2, 0) is 0 Å². The number of halogens is 3. The first kappa shape index (κ1) is 12.6. The lowest BCUT2D eigenvalue weighted by Crippen LogP contribution is -2.42. The van der Waals surface area contributed by atoms with Crippen LogP contribution in [0.4, 0.5) is 13.2 Å². The number of nitrogens with one attached hydrogen (secondary N) is 1. The molecule has 0 aliphatic carbocycles. The van der Waals surface area contributed by atoms with Crippen LogP contribution in [0.2, 0.25) is 0 Å². The first-order valence-electron chi connectivity index (χ1n) is 6.25. The monoisotopic (exact) mass is 273 g/mol. The molecular weight excluding hydrogens is 259 g/mol. The summed E-state index contributed by atoms with van der Waals surface area (Å²) in [7, 11) is 0. The van der Waals surface area contributed by atoms with E-state index in [2.05, 4.69) is 17.0 Å². The quantitative estimate of drug-likeness (QED) is 0.852. The van der Waals surface area contributed by atoms with Gasteiger partial charge in [0.25, 0.3) is 0 Å². The third-order valence-electron chi connectivity index (χ3n) is 3.55. The van der Waals surface area contributed by atoms with Crippen LogP contribution < -0.4 is 14.8 Å². The molecule has 0 bridgehead atoms. The molecule has 2 heterocycles. The highest BCUT2D eigenvalue weighted by Crippen LogP contribution is 2.43. The predicted molar refractivity (Wildman–Crippen MR) is 62.1 cm³/mol. The van der Waals surface area contributed by atoms with E-state index in [0.29, 0.717) is 11.8 Å². The molecule has 1 aromatic carbocycles. The van der Waals surface area contributed by atoms with Crippen molar-refractivity contribution in [2.24, 2.45) is 0 Å². The maximum absolute atomic E-state index is 12.2. The molecule has 0 aromatic heterocycles. The average Bonchev–Trinajstić information content (AvgIpc) is 2.64. The topological polar surface area (TPSA) is 30.5 Å². The number of rotatable bonds is 1. The Morgan fingerprint density at radius 1 is 1.32 bits per heavy atom. The zero-order valence-corrected chi connectivity index (χ0v) is 10.3. The fraction of sp³-hybridized carbons (Fsp3) is 0.538. The summed E-state index contributed by atoms with van der Waals surface area (Å²) in [4.78, 5) is 0. The largest absolute Gasteiger partial charge is 0.573 e. The Kier molecular flexibility index (Phi) is 2.85. The predicted octanol–water partition coefficient (Wildman–Crippen LogP) is 3.16. The second-order valence-electron chi connectivity index (χ2n) is 5.03. The lowest BCUT2D eigenvalue weighted by molar-refractivity contribution is -0.274. The van der Waals surface area contributed by atoms with Crippen LogP contribution >= 0.6 is 0 Å². The van der Waals surface area contributed by atoms with Gasteiger partial charge in [-0.2, -0.15) is 0 Å². The minimum Gasteiger partial charge on any atom is -0.488 e. The van der Waals surface area contributed by atoms with Gasteiger partial charge in [-0.25, -0.2) is 0 Å². The molecule has 2 aliphatic heterocycles. The summed E-state index contributed by atoms with van der Waals surface area (Å²) in [6, 6.07) is 4.75. The van der Waals surface area contributed by atoms with Crippen molar-refractivity contribution in [3.05, 3.63) is 23.8 Å². The number of hydrogen-bond donors (Lipinski definition) is 1. The maximum atomic E-state index is 12.2. The van der Waals surface area contributed by atoms with E-state index in [-0.39, 0.29) is 17.9 Å². The fourth-order valence-electron chi connectivity index (χ4n) is 2.73. The summed E-state index contributed by atoms with van der Waals surface area (Å²) >= 11 is 0. The molecule has 1 fully saturated rings. The van der Waals surface area contributed by atoms with Gasteiger partial charge in [-0.05, 0) is 31.9 Å². The van der Waals surface area contributed by atoms with Crippen LogP contribution in [-0.4, -0.2) is 18.5 Å². The molecule has 19 heavy (non-hydrogen) atoms. The van der Waals surface area contributed by atoms with Crippen LogP contribution in [0.15, 0.2) is 18.2 Å². The van der Waals surface area contributed by atoms with Gasteiger partial charge in [0.15, 0.2) is 0 Å². The Balaban J connectivity index is 1.84. The van der Waals surface area contributed by atoms with E-state index < -0.39 is 6.36 Å². The van der Waals surface area contributed by atoms with Crippen LogP contribution in [0.3, 0.4) is 0 Å². The Morgan fingerprint density at radius 3 is 2.84 bits per heavy atom. The van der Waals surface area contributed by atoms with Crippen molar-refractivity contribution in [3.8, 4) is 11.5 Å². The third-order valence-corrected chi connectivity index (χ3v) is 3.55. The van der Waals surface area contributed by atoms with E-state index in [4.69, 9.17) is 4.74 Å². The van der Waals surface area contributed by atoms with Gasteiger partial charge in [0.1, 0.15) is 17.6 Å².